The van der Waals surface area contributed by atoms with Gasteiger partial charge in [0, 0.05) is 38.4 Å². The molecule has 1 aliphatic rings. The van der Waals surface area contributed by atoms with Crippen molar-refractivity contribution < 1.29 is 9.53 Å². The van der Waals surface area contributed by atoms with Crippen LogP contribution in [0.25, 0.3) is 0 Å². The number of likely N-dealkylation sites (N-methyl/N-ethyl adjacent to an activating group) is 1. The number of carbonyl (C=O) groups excluding carboxylic acids is 1. The zero-order valence-electron chi connectivity index (χ0n) is 18.0. The fraction of sp³-hybridized carbons (Fsp3) is 0.458. The van der Waals surface area contributed by atoms with Gasteiger partial charge in [-0.3, -0.25) is 9.69 Å². The molecule has 1 amide bonds. The summed E-state index contributed by atoms with van der Waals surface area (Å²) in [5.41, 5.74) is 3.32. The van der Waals surface area contributed by atoms with Crippen molar-refractivity contribution in [1.82, 2.24) is 9.80 Å². The molecule has 5 nitrogen and oxygen atoms in total. The van der Waals surface area contributed by atoms with Gasteiger partial charge in [0.05, 0.1) is 0 Å². The van der Waals surface area contributed by atoms with Gasteiger partial charge in [0.2, 0.25) is 0 Å². The van der Waals surface area contributed by atoms with Gasteiger partial charge in [0.25, 0.3) is 5.91 Å². The van der Waals surface area contributed by atoms with Gasteiger partial charge in [-0.2, -0.15) is 0 Å². The lowest BCUT2D eigenvalue weighted by molar-refractivity contribution is -0.122. The first-order valence-electron chi connectivity index (χ1n) is 10.5. The van der Waals surface area contributed by atoms with E-state index in [0.29, 0.717) is 11.7 Å². The summed E-state index contributed by atoms with van der Waals surface area (Å²) in [5.74, 6) is 1.04. The summed E-state index contributed by atoms with van der Waals surface area (Å²) >= 11 is 0. The van der Waals surface area contributed by atoms with E-state index >= 15 is 0 Å². The molecule has 0 aliphatic carbocycles. The maximum Gasteiger partial charge on any atom is 0.265 e. The van der Waals surface area contributed by atoms with Crippen LogP contribution >= 0.6 is 0 Å². The second-order valence-electron chi connectivity index (χ2n) is 8.25. The molecule has 1 aliphatic heterocycles. The van der Waals surface area contributed by atoms with Crippen molar-refractivity contribution in [2.24, 2.45) is 0 Å². The largest absolute Gasteiger partial charge is 0.481 e. The number of benzene rings is 2. The van der Waals surface area contributed by atoms with Crippen LogP contribution in [-0.4, -0.2) is 55.0 Å². The molecular weight excluding hydrogens is 362 g/mol. The molecule has 3 rings (SSSR count). The first-order valence-corrected chi connectivity index (χ1v) is 10.5. The van der Waals surface area contributed by atoms with E-state index in [1.54, 1.807) is 6.92 Å². The smallest absolute Gasteiger partial charge is 0.265 e. The highest BCUT2D eigenvalue weighted by molar-refractivity contribution is 5.94. The highest BCUT2D eigenvalue weighted by Gasteiger charge is 2.16. The fourth-order valence-corrected chi connectivity index (χ4v) is 3.39. The molecule has 0 bridgehead atoms. The summed E-state index contributed by atoms with van der Waals surface area (Å²) < 4.78 is 5.79. The van der Waals surface area contributed by atoms with Gasteiger partial charge in [0.15, 0.2) is 6.10 Å². The topological polar surface area (TPSA) is 44.8 Å². The van der Waals surface area contributed by atoms with Crippen LogP contribution in [0.4, 0.5) is 5.69 Å². The average Bonchev–Trinajstić information content (AvgIpc) is 2.71. The van der Waals surface area contributed by atoms with E-state index in [2.05, 4.69) is 48.1 Å². The summed E-state index contributed by atoms with van der Waals surface area (Å²) in [6.45, 7) is 11.5. The molecule has 1 atom stereocenters. The lowest BCUT2D eigenvalue weighted by Gasteiger charge is -2.32. The third-order valence-electron chi connectivity index (χ3n) is 5.45. The van der Waals surface area contributed by atoms with E-state index in [1.807, 2.05) is 36.4 Å². The molecule has 29 heavy (non-hydrogen) atoms. The Hall–Kier alpha value is -2.37. The van der Waals surface area contributed by atoms with E-state index in [9.17, 15) is 4.79 Å². The molecule has 1 saturated heterocycles. The molecule has 1 unspecified atom stereocenters. The summed E-state index contributed by atoms with van der Waals surface area (Å²) in [7, 11) is 2.17. The van der Waals surface area contributed by atoms with Crippen molar-refractivity contribution >= 4 is 11.6 Å². The predicted molar refractivity (Wildman–Crippen MR) is 118 cm³/mol. The molecule has 5 heteroatoms. The SMILES string of the molecule is CC(Oc1ccc(C(C)C)cc1)C(=O)Nc1ccc(CN2CCN(C)CC2)cc1. The molecule has 1 N–H and O–H groups in total. The third kappa shape index (κ3) is 6.31. The first kappa shape index (κ1) is 21.3. The van der Waals surface area contributed by atoms with E-state index in [0.717, 1.165) is 38.4 Å². The summed E-state index contributed by atoms with van der Waals surface area (Å²) in [4.78, 5) is 17.3. The predicted octanol–water partition coefficient (Wildman–Crippen LogP) is 3.96. The highest BCUT2D eigenvalue weighted by atomic mass is 16.5. The minimum Gasteiger partial charge on any atom is -0.481 e. The van der Waals surface area contributed by atoms with Gasteiger partial charge in [-0.15, -0.1) is 0 Å². The van der Waals surface area contributed by atoms with Crippen molar-refractivity contribution in [1.29, 1.82) is 0 Å². The second kappa shape index (κ2) is 9.90. The van der Waals surface area contributed by atoms with Crippen molar-refractivity contribution in [2.75, 3.05) is 38.5 Å². The van der Waals surface area contributed by atoms with E-state index in [-0.39, 0.29) is 5.91 Å². The lowest BCUT2D eigenvalue weighted by Crippen LogP contribution is -2.43. The Labute approximate surface area is 174 Å². The van der Waals surface area contributed by atoms with Crippen LogP contribution in [-0.2, 0) is 11.3 Å². The zero-order valence-corrected chi connectivity index (χ0v) is 18.0. The Morgan fingerprint density at radius 1 is 0.966 bits per heavy atom. The number of piperazine rings is 1. The molecule has 2 aromatic carbocycles. The number of nitrogens with zero attached hydrogens (tertiary/aromatic N) is 2. The van der Waals surface area contributed by atoms with E-state index < -0.39 is 6.10 Å². The van der Waals surface area contributed by atoms with Crippen molar-refractivity contribution in [3.63, 3.8) is 0 Å². The normalized spacial score (nSPS) is 16.6. The van der Waals surface area contributed by atoms with Gasteiger partial charge in [0.1, 0.15) is 5.75 Å². The molecular formula is C24H33N3O2. The van der Waals surface area contributed by atoms with Gasteiger partial charge in [-0.1, -0.05) is 38.1 Å². The summed E-state index contributed by atoms with van der Waals surface area (Å²) in [6, 6.07) is 16.0. The molecule has 0 spiro atoms. The summed E-state index contributed by atoms with van der Waals surface area (Å²) in [6.07, 6.45) is -0.565. The van der Waals surface area contributed by atoms with Crippen molar-refractivity contribution in [3.05, 3.63) is 59.7 Å². The number of carbonyl (C=O) groups is 1. The van der Waals surface area contributed by atoms with E-state index in [4.69, 9.17) is 4.74 Å². The molecule has 0 saturated carbocycles. The average molecular weight is 396 g/mol. The van der Waals surface area contributed by atoms with Crippen molar-refractivity contribution in [3.8, 4) is 5.75 Å². The van der Waals surface area contributed by atoms with Crippen LogP contribution in [0.15, 0.2) is 48.5 Å². The highest BCUT2D eigenvalue weighted by Crippen LogP contribution is 2.20. The van der Waals surface area contributed by atoms with Gasteiger partial charge in [-0.05, 0) is 55.3 Å². The Kier molecular flexibility index (Phi) is 7.29. The van der Waals surface area contributed by atoms with Gasteiger partial charge >= 0.3 is 0 Å². The molecule has 2 aromatic rings. The monoisotopic (exact) mass is 395 g/mol. The Bertz CT molecular complexity index is 779. The lowest BCUT2D eigenvalue weighted by atomic mass is 10.0. The van der Waals surface area contributed by atoms with Crippen LogP contribution in [0.5, 0.6) is 5.75 Å². The van der Waals surface area contributed by atoms with Crippen LogP contribution in [0.3, 0.4) is 0 Å². The van der Waals surface area contributed by atoms with Crippen LogP contribution in [0, 0.1) is 0 Å². The Morgan fingerprint density at radius 3 is 2.17 bits per heavy atom. The molecule has 0 radical (unpaired) electrons. The second-order valence-corrected chi connectivity index (χ2v) is 8.25. The van der Waals surface area contributed by atoms with Crippen LogP contribution in [0.2, 0.25) is 0 Å². The Balaban J connectivity index is 1.49. The number of nitrogens with one attached hydrogen (secondary N) is 1. The first-order chi connectivity index (χ1) is 13.9. The number of hydrogen-bond acceptors (Lipinski definition) is 4. The number of ether oxygens (including phenoxy) is 1. The van der Waals surface area contributed by atoms with Gasteiger partial charge < -0.3 is 15.0 Å². The van der Waals surface area contributed by atoms with Crippen molar-refractivity contribution in [2.45, 2.75) is 39.3 Å². The quantitative estimate of drug-likeness (QED) is 0.771. The maximum absolute atomic E-state index is 12.5. The summed E-state index contributed by atoms with van der Waals surface area (Å²) in [5, 5.41) is 2.94. The molecule has 156 valence electrons. The number of hydrogen-bond donors (Lipinski definition) is 1. The minimum atomic E-state index is -0.565. The standard InChI is InChI=1S/C24H33N3O2/c1-18(2)21-7-11-23(12-8-21)29-19(3)24(28)25-22-9-5-20(6-10-22)17-27-15-13-26(4)14-16-27/h5-12,18-19H,13-17H2,1-4H3,(H,25,28). The van der Waals surface area contributed by atoms with Crippen LogP contribution in [0.1, 0.15) is 37.8 Å². The number of amides is 1. The molecule has 1 heterocycles. The van der Waals surface area contributed by atoms with Crippen LogP contribution < -0.4 is 10.1 Å². The number of anilines is 1. The third-order valence-corrected chi connectivity index (χ3v) is 5.45. The van der Waals surface area contributed by atoms with Gasteiger partial charge in [-0.25, -0.2) is 0 Å². The zero-order chi connectivity index (χ0) is 20.8. The van der Waals surface area contributed by atoms with E-state index in [1.165, 1.54) is 11.1 Å². The minimum absolute atomic E-state index is 0.148. The number of rotatable bonds is 7. The maximum atomic E-state index is 12.5. The molecule has 0 aromatic heterocycles. The fourth-order valence-electron chi connectivity index (χ4n) is 3.39. The molecule has 1 fully saturated rings. The Morgan fingerprint density at radius 2 is 1.59 bits per heavy atom.